The van der Waals surface area contributed by atoms with Gasteiger partial charge in [0.2, 0.25) is 10.0 Å². The molecule has 1 saturated heterocycles. The summed E-state index contributed by atoms with van der Waals surface area (Å²) >= 11 is 1.31. The maximum atomic E-state index is 12.1. The molecule has 2 N–H and O–H groups in total. The van der Waals surface area contributed by atoms with Crippen molar-refractivity contribution in [2.45, 2.75) is 17.2 Å². The van der Waals surface area contributed by atoms with E-state index in [0.29, 0.717) is 17.3 Å². The third-order valence-corrected chi connectivity index (χ3v) is 6.34. The molecule has 120 valence electrons. The molecule has 8 heteroatoms. The fraction of sp³-hybridized carbons (Fsp3) is 0.692. The number of hydrogen-bond acceptors (Lipinski definition) is 6. The van der Waals surface area contributed by atoms with Crippen molar-refractivity contribution in [3.05, 3.63) is 17.0 Å². The van der Waals surface area contributed by atoms with Gasteiger partial charge < -0.3 is 10.1 Å². The molecule has 21 heavy (non-hydrogen) atoms. The van der Waals surface area contributed by atoms with Crippen LogP contribution < -0.4 is 10.0 Å². The summed E-state index contributed by atoms with van der Waals surface area (Å²) in [5.74, 6) is 0. The average molecular weight is 333 g/mol. The van der Waals surface area contributed by atoms with Crippen LogP contribution >= 0.6 is 11.3 Å². The molecular formula is C13H23N3O3S2. The third kappa shape index (κ3) is 5.32. The van der Waals surface area contributed by atoms with Gasteiger partial charge in [-0.1, -0.05) is 0 Å². The summed E-state index contributed by atoms with van der Waals surface area (Å²) < 4.78 is 32.6. The number of thiophene rings is 1. The second-order valence-electron chi connectivity index (χ2n) is 4.96. The maximum Gasteiger partial charge on any atom is 0.250 e. The lowest BCUT2D eigenvalue weighted by molar-refractivity contribution is 0.0376. The first-order valence-corrected chi connectivity index (χ1v) is 9.45. The van der Waals surface area contributed by atoms with Gasteiger partial charge in [0.25, 0.3) is 0 Å². The van der Waals surface area contributed by atoms with Gasteiger partial charge >= 0.3 is 0 Å². The second-order valence-corrected chi connectivity index (χ2v) is 8.12. The van der Waals surface area contributed by atoms with Crippen molar-refractivity contribution >= 4 is 21.4 Å². The highest BCUT2D eigenvalue weighted by atomic mass is 32.2. The Labute approximate surface area is 130 Å². The van der Waals surface area contributed by atoms with Gasteiger partial charge in [0, 0.05) is 31.1 Å². The smallest absolute Gasteiger partial charge is 0.250 e. The Morgan fingerprint density at radius 3 is 2.81 bits per heavy atom. The molecule has 1 aromatic rings. The Morgan fingerprint density at radius 1 is 1.33 bits per heavy atom. The number of sulfonamides is 1. The van der Waals surface area contributed by atoms with Crippen molar-refractivity contribution in [2.24, 2.45) is 0 Å². The van der Waals surface area contributed by atoms with Gasteiger partial charge in [-0.05, 0) is 32.1 Å². The number of hydrogen-bond donors (Lipinski definition) is 2. The molecule has 0 aromatic carbocycles. The van der Waals surface area contributed by atoms with Gasteiger partial charge in [-0.25, -0.2) is 13.1 Å². The van der Waals surface area contributed by atoms with E-state index >= 15 is 0 Å². The normalized spacial score (nSPS) is 17.2. The maximum absolute atomic E-state index is 12.1. The van der Waals surface area contributed by atoms with E-state index in [1.165, 1.54) is 11.3 Å². The highest BCUT2D eigenvalue weighted by Crippen LogP contribution is 2.21. The fourth-order valence-electron chi connectivity index (χ4n) is 2.18. The molecule has 1 aliphatic rings. The van der Waals surface area contributed by atoms with Crippen LogP contribution in [0.25, 0.3) is 0 Å². The number of rotatable bonds is 8. The number of morpholine rings is 1. The molecule has 1 aliphatic heterocycles. The number of nitrogens with zero attached hydrogens (tertiary/aromatic N) is 1. The van der Waals surface area contributed by atoms with Gasteiger partial charge in [-0.15, -0.1) is 11.3 Å². The molecule has 0 bridgehead atoms. The zero-order chi connectivity index (χ0) is 15.1. The summed E-state index contributed by atoms with van der Waals surface area (Å²) in [6, 6.07) is 3.52. The van der Waals surface area contributed by atoms with Gasteiger partial charge in [0.05, 0.1) is 13.2 Å². The van der Waals surface area contributed by atoms with E-state index in [2.05, 4.69) is 14.9 Å². The zero-order valence-electron chi connectivity index (χ0n) is 12.3. The van der Waals surface area contributed by atoms with Crippen LogP contribution in [0.1, 0.15) is 11.3 Å². The van der Waals surface area contributed by atoms with E-state index in [1.807, 2.05) is 13.1 Å². The molecule has 0 spiro atoms. The molecule has 0 unspecified atom stereocenters. The van der Waals surface area contributed by atoms with Crippen LogP contribution in [-0.2, 0) is 21.3 Å². The number of nitrogens with one attached hydrogen (secondary N) is 2. The van der Waals surface area contributed by atoms with Gasteiger partial charge in [-0.2, -0.15) is 0 Å². The molecule has 1 fully saturated rings. The third-order valence-electron chi connectivity index (χ3n) is 3.30. The van der Waals surface area contributed by atoms with E-state index in [4.69, 9.17) is 4.74 Å². The largest absolute Gasteiger partial charge is 0.379 e. The summed E-state index contributed by atoms with van der Waals surface area (Å²) in [5, 5.41) is 3.02. The molecule has 1 aromatic heterocycles. The second kappa shape index (κ2) is 8.21. The van der Waals surface area contributed by atoms with E-state index in [-0.39, 0.29) is 0 Å². The standard InChI is InChI=1S/C13H23N3O3S2/c1-14-11-12-3-4-13(20-12)21(17,18)15-5-2-6-16-7-9-19-10-8-16/h3-4,14-15H,2,5-11H2,1H3. The highest BCUT2D eigenvalue weighted by Gasteiger charge is 2.16. The van der Waals surface area contributed by atoms with Crippen molar-refractivity contribution in [3.8, 4) is 0 Å². The van der Waals surface area contributed by atoms with E-state index in [9.17, 15) is 8.42 Å². The molecule has 0 atom stereocenters. The van der Waals surface area contributed by atoms with Crippen LogP contribution in [0, 0.1) is 0 Å². The predicted octanol–water partition coefficient (Wildman–Crippen LogP) is 0.468. The topological polar surface area (TPSA) is 70.7 Å². The van der Waals surface area contributed by atoms with Crippen molar-refractivity contribution < 1.29 is 13.2 Å². The van der Waals surface area contributed by atoms with Crippen LogP contribution in [0.2, 0.25) is 0 Å². The first-order chi connectivity index (χ1) is 10.1. The van der Waals surface area contributed by atoms with Crippen molar-refractivity contribution in [1.82, 2.24) is 14.9 Å². The van der Waals surface area contributed by atoms with Crippen LogP contribution in [0.3, 0.4) is 0 Å². The van der Waals surface area contributed by atoms with Gasteiger partial charge in [-0.3, -0.25) is 4.90 Å². The molecule has 0 amide bonds. The lowest BCUT2D eigenvalue weighted by Gasteiger charge is -2.26. The minimum atomic E-state index is -3.36. The van der Waals surface area contributed by atoms with Crippen LogP contribution in [0.15, 0.2) is 16.3 Å². The van der Waals surface area contributed by atoms with Crippen molar-refractivity contribution in [1.29, 1.82) is 0 Å². The average Bonchev–Trinajstić information content (AvgIpc) is 2.95. The minimum absolute atomic E-state index is 0.388. The highest BCUT2D eigenvalue weighted by molar-refractivity contribution is 7.91. The van der Waals surface area contributed by atoms with Gasteiger partial charge in [0.15, 0.2) is 0 Å². The van der Waals surface area contributed by atoms with Crippen molar-refractivity contribution in [2.75, 3.05) is 46.4 Å². The van der Waals surface area contributed by atoms with Crippen LogP contribution in [0.5, 0.6) is 0 Å². The first kappa shape index (κ1) is 16.9. The summed E-state index contributed by atoms with van der Waals surface area (Å²) in [6.07, 6.45) is 0.813. The van der Waals surface area contributed by atoms with E-state index in [0.717, 1.165) is 44.1 Å². The number of ether oxygens (including phenoxy) is 1. The minimum Gasteiger partial charge on any atom is -0.379 e. The quantitative estimate of drug-likeness (QED) is 0.677. The fourth-order valence-corrected chi connectivity index (χ4v) is 4.66. The molecule has 6 nitrogen and oxygen atoms in total. The Balaban J connectivity index is 1.75. The molecule has 2 rings (SSSR count). The molecular weight excluding hydrogens is 310 g/mol. The van der Waals surface area contributed by atoms with E-state index in [1.54, 1.807) is 6.07 Å². The SMILES string of the molecule is CNCc1ccc(S(=O)(=O)NCCCN2CCOCC2)s1. The Morgan fingerprint density at radius 2 is 2.10 bits per heavy atom. The van der Waals surface area contributed by atoms with E-state index < -0.39 is 10.0 Å². The van der Waals surface area contributed by atoms with Gasteiger partial charge in [0.1, 0.15) is 4.21 Å². The summed E-state index contributed by atoms with van der Waals surface area (Å²) in [7, 11) is -1.52. The molecule has 0 saturated carbocycles. The molecule has 2 heterocycles. The summed E-state index contributed by atoms with van der Waals surface area (Å²) in [5.41, 5.74) is 0. The lowest BCUT2D eigenvalue weighted by atomic mass is 10.3. The van der Waals surface area contributed by atoms with Crippen LogP contribution in [-0.4, -0.2) is 59.8 Å². The Kier molecular flexibility index (Phi) is 6.59. The molecule has 0 radical (unpaired) electrons. The Bertz CT molecular complexity index is 525. The predicted molar refractivity (Wildman–Crippen MR) is 84.1 cm³/mol. The zero-order valence-corrected chi connectivity index (χ0v) is 13.9. The summed E-state index contributed by atoms with van der Waals surface area (Å²) in [6.45, 7) is 5.48. The summed E-state index contributed by atoms with van der Waals surface area (Å²) in [4.78, 5) is 3.32. The Hall–Kier alpha value is -0.510. The first-order valence-electron chi connectivity index (χ1n) is 7.15. The van der Waals surface area contributed by atoms with Crippen LogP contribution in [0.4, 0.5) is 0 Å². The lowest BCUT2D eigenvalue weighted by Crippen LogP contribution is -2.38. The monoisotopic (exact) mass is 333 g/mol. The van der Waals surface area contributed by atoms with Crippen molar-refractivity contribution in [3.63, 3.8) is 0 Å². The molecule has 0 aliphatic carbocycles.